The van der Waals surface area contributed by atoms with Crippen molar-refractivity contribution < 1.29 is 4.79 Å². The molecule has 5 nitrogen and oxygen atoms in total. The topological polar surface area (TPSA) is 77.8 Å². The Hall–Kier alpha value is -1.66. The Kier molecular flexibility index (Phi) is 4.92. The van der Waals surface area contributed by atoms with Gasteiger partial charge in [-0.3, -0.25) is 14.7 Å². The smallest absolute Gasteiger partial charge is 0.264 e. The fourth-order valence-corrected chi connectivity index (χ4v) is 2.62. The molecule has 0 bridgehead atoms. The fraction of sp³-hybridized carbons (Fsp3) is 0.231. The maximum absolute atomic E-state index is 11.8. The number of thioether (sulfide) groups is 1. The maximum Gasteiger partial charge on any atom is 0.264 e. The Bertz CT molecular complexity index is 666. The number of H-pyrrole nitrogens is 2. The van der Waals surface area contributed by atoms with E-state index >= 15 is 0 Å². The van der Waals surface area contributed by atoms with Gasteiger partial charge < -0.3 is 10.4 Å². The lowest BCUT2D eigenvalue weighted by atomic mass is 10.2. The summed E-state index contributed by atoms with van der Waals surface area (Å²) in [5.41, 5.74) is 2.29. The van der Waals surface area contributed by atoms with E-state index in [4.69, 9.17) is 11.6 Å². The Morgan fingerprint density at radius 1 is 1.35 bits per heavy atom. The van der Waals surface area contributed by atoms with Crippen LogP contribution in [-0.2, 0) is 10.5 Å². The maximum atomic E-state index is 11.8. The molecule has 106 valence electrons. The summed E-state index contributed by atoms with van der Waals surface area (Å²) in [7, 11) is 0. The van der Waals surface area contributed by atoms with Crippen LogP contribution >= 0.6 is 23.4 Å². The van der Waals surface area contributed by atoms with Crippen molar-refractivity contribution in [2.24, 2.45) is 0 Å². The number of carbonyl (C=O) groups excluding carboxylic acids is 1. The number of hydrogen-bond donors (Lipinski definition) is 3. The predicted octanol–water partition coefficient (Wildman–Crippen LogP) is 2.54. The van der Waals surface area contributed by atoms with E-state index in [1.165, 1.54) is 17.8 Å². The molecule has 0 atom stereocenters. The average molecular weight is 312 g/mol. The van der Waals surface area contributed by atoms with E-state index < -0.39 is 0 Å². The van der Waals surface area contributed by atoms with Crippen LogP contribution in [0.4, 0.5) is 5.69 Å². The largest absolute Gasteiger partial charge is 0.325 e. The minimum Gasteiger partial charge on any atom is -0.325 e. The van der Waals surface area contributed by atoms with Crippen molar-refractivity contribution in [1.82, 2.24) is 10.2 Å². The lowest BCUT2D eigenvalue weighted by Gasteiger charge is -2.08. The Balaban J connectivity index is 1.82. The van der Waals surface area contributed by atoms with E-state index in [0.717, 1.165) is 16.9 Å². The fourth-order valence-electron chi connectivity index (χ4n) is 1.66. The van der Waals surface area contributed by atoms with E-state index in [1.54, 1.807) is 18.2 Å². The highest BCUT2D eigenvalue weighted by molar-refractivity contribution is 7.99. The first-order valence-electron chi connectivity index (χ1n) is 5.95. The molecule has 7 heteroatoms. The van der Waals surface area contributed by atoms with Gasteiger partial charge >= 0.3 is 0 Å². The third-order valence-corrected chi connectivity index (χ3v) is 3.82. The minimum atomic E-state index is -0.165. The molecule has 20 heavy (non-hydrogen) atoms. The summed E-state index contributed by atoms with van der Waals surface area (Å²) < 4.78 is 0. The first-order valence-corrected chi connectivity index (χ1v) is 7.48. The quantitative estimate of drug-likeness (QED) is 0.794. The van der Waals surface area contributed by atoms with Crippen molar-refractivity contribution >= 4 is 35.0 Å². The molecular weight excluding hydrogens is 298 g/mol. The zero-order valence-corrected chi connectivity index (χ0v) is 12.4. The van der Waals surface area contributed by atoms with Crippen molar-refractivity contribution in [1.29, 1.82) is 0 Å². The number of nitrogens with one attached hydrogen (secondary N) is 3. The Morgan fingerprint density at radius 3 is 2.80 bits per heavy atom. The molecule has 1 aromatic carbocycles. The van der Waals surface area contributed by atoms with Crippen LogP contribution in [0.1, 0.15) is 11.3 Å². The van der Waals surface area contributed by atoms with Gasteiger partial charge in [0.05, 0.1) is 5.75 Å². The number of rotatable bonds is 5. The standard InChI is InChI=1S/C13H14ClN3O2S/c1-8-4-9(14)2-3-11(8)15-13(19)7-20-6-10-5-12(18)17-16-10/h2-5H,6-7H2,1H3,(H,15,19)(H2,16,17,18). The highest BCUT2D eigenvalue weighted by Gasteiger charge is 2.06. The molecule has 0 spiro atoms. The van der Waals surface area contributed by atoms with Crippen molar-refractivity contribution in [2.45, 2.75) is 12.7 Å². The van der Waals surface area contributed by atoms with Gasteiger partial charge in [0.1, 0.15) is 0 Å². The van der Waals surface area contributed by atoms with Crippen LogP contribution in [-0.4, -0.2) is 21.9 Å². The predicted molar refractivity (Wildman–Crippen MR) is 82.4 cm³/mol. The summed E-state index contributed by atoms with van der Waals surface area (Å²) in [6, 6.07) is 6.80. The second-order valence-electron chi connectivity index (χ2n) is 4.28. The highest BCUT2D eigenvalue weighted by Crippen LogP contribution is 2.20. The summed E-state index contributed by atoms with van der Waals surface area (Å²) in [5, 5.41) is 8.67. The number of aromatic amines is 2. The molecule has 1 heterocycles. The van der Waals surface area contributed by atoms with Gasteiger partial charge in [-0.1, -0.05) is 11.6 Å². The van der Waals surface area contributed by atoms with Crippen molar-refractivity contribution in [3.05, 3.63) is 50.9 Å². The van der Waals surface area contributed by atoms with E-state index in [9.17, 15) is 9.59 Å². The molecule has 0 unspecified atom stereocenters. The van der Waals surface area contributed by atoms with Gasteiger partial charge in [0, 0.05) is 28.2 Å². The molecule has 0 radical (unpaired) electrons. The molecule has 0 saturated heterocycles. The van der Waals surface area contributed by atoms with E-state index in [0.29, 0.717) is 16.5 Å². The molecule has 1 amide bonds. The molecule has 0 aliphatic carbocycles. The van der Waals surface area contributed by atoms with E-state index in [2.05, 4.69) is 15.5 Å². The highest BCUT2D eigenvalue weighted by atomic mass is 35.5. The zero-order chi connectivity index (χ0) is 14.5. The van der Waals surface area contributed by atoms with Crippen LogP contribution in [0.15, 0.2) is 29.1 Å². The third-order valence-electron chi connectivity index (χ3n) is 2.60. The van der Waals surface area contributed by atoms with Gasteiger partial charge in [0.2, 0.25) is 5.91 Å². The zero-order valence-electron chi connectivity index (χ0n) is 10.8. The van der Waals surface area contributed by atoms with Gasteiger partial charge in [-0.2, -0.15) is 0 Å². The number of halogens is 1. The number of aryl methyl sites for hydroxylation is 1. The number of amides is 1. The van der Waals surface area contributed by atoms with Crippen LogP contribution in [0.25, 0.3) is 0 Å². The summed E-state index contributed by atoms with van der Waals surface area (Å²) in [6.45, 7) is 1.89. The lowest BCUT2D eigenvalue weighted by molar-refractivity contribution is -0.113. The number of anilines is 1. The third kappa shape index (κ3) is 4.18. The van der Waals surface area contributed by atoms with Crippen molar-refractivity contribution in [3.63, 3.8) is 0 Å². The molecule has 2 rings (SSSR count). The first kappa shape index (κ1) is 14.7. The van der Waals surface area contributed by atoms with Gasteiger partial charge in [0.25, 0.3) is 5.56 Å². The number of hydrogen-bond acceptors (Lipinski definition) is 3. The monoisotopic (exact) mass is 311 g/mol. The van der Waals surface area contributed by atoms with E-state index in [-0.39, 0.29) is 11.5 Å². The summed E-state index contributed by atoms with van der Waals surface area (Å²) >= 11 is 7.29. The minimum absolute atomic E-state index is 0.0849. The van der Waals surface area contributed by atoms with Gasteiger partial charge in [0.15, 0.2) is 0 Å². The Morgan fingerprint density at radius 2 is 2.15 bits per heavy atom. The van der Waals surface area contributed by atoms with Crippen molar-refractivity contribution in [3.8, 4) is 0 Å². The summed E-state index contributed by atoms with van der Waals surface area (Å²) in [6.07, 6.45) is 0. The van der Waals surface area contributed by atoms with Crippen molar-refractivity contribution in [2.75, 3.05) is 11.1 Å². The summed E-state index contributed by atoms with van der Waals surface area (Å²) in [4.78, 5) is 22.7. The van der Waals surface area contributed by atoms with Crippen LogP contribution in [0, 0.1) is 6.92 Å². The molecule has 3 N–H and O–H groups in total. The second-order valence-corrected chi connectivity index (χ2v) is 5.71. The normalized spacial score (nSPS) is 10.5. The first-order chi connectivity index (χ1) is 9.54. The van der Waals surface area contributed by atoms with Crippen LogP contribution in [0.3, 0.4) is 0 Å². The second kappa shape index (κ2) is 6.67. The SMILES string of the molecule is Cc1cc(Cl)ccc1NC(=O)CSCc1cc(=O)[nH][nH]1. The van der Waals surface area contributed by atoms with Crippen LogP contribution in [0.5, 0.6) is 0 Å². The molecule has 0 aliphatic heterocycles. The number of aromatic nitrogens is 2. The van der Waals surface area contributed by atoms with Crippen LogP contribution in [0.2, 0.25) is 5.02 Å². The number of carbonyl (C=O) groups is 1. The molecule has 0 fully saturated rings. The van der Waals surface area contributed by atoms with E-state index in [1.807, 2.05) is 6.92 Å². The van der Waals surface area contributed by atoms with Crippen LogP contribution < -0.4 is 10.9 Å². The van der Waals surface area contributed by atoms with Gasteiger partial charge in [-0.05, 0) is 30.7 Å². The lowest BCUT2D eigenvalue weighted by Crippen LogP contribution is -2.15. The molecule has 0 aliphatic rings. The molecule has 0 saturated carbocycles. The number of benzene rings is 1. The van der Waals surface area contributed by atoms with Gasteiger partial charge in [-0.15, -0.1) is 11.8 Å². The molecule has 1 aromatic heterocycles. The summed E-state index contributed by atoms with van der Waals surface area (Å²) in [5.74, 6) is 0.805. The Labute approximate surface area is 125 Å². The molecule has 2 aromatic rings. The molecular formula is C13H14ClN3O2S. The average Bonchev–Trinajstić information content (AvgIpc) is 2.79. The van der Waals surface area contributed by atoms with Gasteiger partial charge in [-0.25, -0.2) is 0 Å².